The van der Waals surface area contributed by atoms with Gasteiger partial charge in [0.05, 0.1) is 18.2 Å². The fourth-order valence-electron chi connectivity index (χ4n) is 3.93. The zero-order chi connectivity index (χ0) is 22.4. The molecule has 3 heterocycles. The summed E-state index contributed by atoms with van der Waals surface area (Å²) in [5.41, 5.74) is 2.02. The van der Waals surface area contributed by atoms with E-state index in [9.17, 15) is 14.4 Å². The average Bonchev–Trinajstić information content (AvgIpc) is 3.29. The summed E-state index contributed by atoms with van der Waals surface area (Å²) >= 11 is 1.52. The van der Waals surface area contributed by atoms with Gasteiger partial charge in [-0.1, -0.05) is 0 Å². The van der Waals surface area contributed by atoms with Crippen LogP contribution in [0, 0.1) is 0 Å². The minimum absolute atomic E-state index is 0.0571. The maximum atomic E-state index is 13.0. The van der Waals surface area contributed by atoms with Gasteiger partial charge in [-0.15, -0.1) is 0 Å². The molecule has 1 fully saturated rings. The predicted molar refractivity (Wildman–Crippen MR) is 119 cm³/mol. The van der Waals surface area contributed by atoms with E-state index in [4.69, 9.17) is 4.74 Å². The zero-order valence-corrected chi connectivity index (χ0v) is 19.2. The Hall–Kier alpha value is -2.59. The van der Waals surface area contributed by atoms with Crippen molar-refractivity contribution in [3.63, 3.8) is 0 Å². The van der Waals surface area contributed by atoms with Crippen LogP contribution in [0.5, 0.6) is 0 Å². The molecule has 170 valence electrons. The van der Waals surface area contributed by atoms with Crippen molar-refractivity contribution in [1.82, 2.24) is 25.3 Å². The molecule has 0 saturated carbocycles. The van der Waals surface area contributed by atoms with Gasteiger partial charge < -0.3 is 20.3 Å². The van der Waals surface area contributed by atoms with Gasteiger partial charge in [-0.05, 0) is 43.2 Å². The van der Waals surface area contributed by atoms with Gasteiger partial charge in [0.2, 0.25) is 0 Å². The first kappa shape index (κ1) is 23.1. The number of urea groups is 2. The quantitative estimate of drug-likeness (QED) is 0.621. The van der Waals surface area contributed by atoms with Gasteiger partial charge in [0, 0.05) is 51.5 Å². The first-order valence-corrected chi connectivity index (χ1v) is 11.7. The molecule has 0 spiro atoms. The van der Waals surface area contributed by atoms with E-state index in [2.05, 4.69) is 15.5 Å². The number of rotatable bonds is 7. The molecule has 3 rings (SSSR count). The predicted octanol–water partition coefficient (Wildman–Crippen LogP) is 2.00. The summed E-state index contributed by atoms with van der Waals surface area (Å²) in [7, 11) is 0. The first-order chi connectivity index (χ1) is 15.0. The van der Waals surface area contributed by atoms with E-state index in [1.807, 2.05) is 30.7 Å². The van der Waals surface area contributed by atoms with Crippen LogP contribution in [-0.2, 0) is 9.53 Å². The molecule has 1 aromatic rings. The van der Waals surface area contributed by atoms with Crippen LogP contribution in [0.4, 0.5) is 9.59 Å². The highest BCUT2D eigenvalue weighted by Gasteiger charge is 2.38. The fraction of sp³-hybridized carbons (Fsp3) is 0.571. The Morgan fingerprint density at radius 2 is 1.97 bits per heavy atom. The number of thiophene rings is 1. The second kappa shape index (κ2) is 10.6. The van der Waals surface area contributed by atoms with E-state index < -0.39 is 12.0 Å². The number of carbonyl (C=O) groups excluding carboxylic acids is 3. The highest BCUT2D eigenvalue weighted by molar-refractivity contribution is 7.08. The summed E-state index contributed by atoms with van der Waals surface area (Å²) in [5.74, 6) is -0.409. The topological polar surface area (TPSA) is 94.2 Å². The minimum Gasteiger partial charge on any atom is -0.463 e. The molecular formula is C21H31N5O4S. The molecular weight excluding hydrogens is 418 g/mol. The van der Waals surface area contributed by atoms with E-state index in [0.717, 1.165) is 5.56 Å². The molecule has 2 N–H and O–H groups in total. The van der Waals surface area contributed by atoms with Crippen molar-refractivity contribution in [3.05, 3.63) is 33.7 Å². The number of hydrogen-bond acceptors (Lipinski definition) is 6. The third-order valence-corrected chi connectivity index (χ3v) is 6.19. The van der Waals surface area contributed by atoms with Crippen molar-refractivity contribution in [2.24, 2.45) is 0 Å². The van der Waals surface area contributed by atoms with Crippen molar-refractivity contribution >= 4 is 29.4 Å². The van der Waals surface area contributed by atoms with Crippen molar-refractivity contribution in [3.8, 4) is 0 Å². The van der Waals surface area contributed by atoms with Crippen LogP contribution in [-0.4, -0.2) is 85.2 Å². The molecule has 0 aromatic carbocycles. The monoisotopic (exact) mass is 449 g/mol. The van der Waals surface area contributed by atoms with Crippen LogP contribution in [0.3, 0.4) is 0 Å². The third kappa shape index (κ3) is 5.19. The van der Waals surface area contributed by atoms with Gasteiger partial charge in [-0.2, -0.15) is 11.3 Å². The van der Waals surface area contributed by atoms with Crippen molar-refractivity contribution < 1.29 is 19.1 Å². The Morgan fingerprint density at radius 3 is 2.55 bits per heavy atom. The van der Waals surface area contributed by atoms with Gasteiger partial charge in [0.25, 0.3) is 0 Å². The van der Waals surface area contributed by atoms with Gasteiger partial charge >= 0.3 is 18.0 Å². The van der Waals surface area contributed by atoms with Gasteiger partial charge in [-0.3, -0.25) is 9.80 Å². The van der Waals surface area contributed by atoms with E-state index in [-0.39, 0.29) is 18.7 Å². The number of nitrogens with zero attached hydrogens (tertiary/aromatic N) is 3. The molecule has 0 bridgehead atoms. The largest absolute Gasteiger partial charge is 0.463 e. The number of esters is 1. The third-order valence-electron chi connectivity index (χ3n) is 5.49. The molecule has 1 saturated heterocycles. The summed E-state index contributed by atoms with van der Waals surface area (Å²) < 4.78 is 5.38. The van der Waals surface area contributed by atoms with Crippen LogP contribution < -0.4 is 10.6 Å². The molecule has 0 radical (unpaired) electrons. The number of ether oxygens (including phenoxy) is 1. The Labute approximate surface area is 187 Å². The second-order valence-corrected chi connectivity index (χ2v) is 8.14. The van der Waals surface area contributed by atoms with E-state index >= 15 is 0 Å². The number of nitrogens with one attached hydrogen (secondary N) is 2. The summed E-state index contributed by atoms with van der Waals surface area (Å²) in [5, 5.41) is 9.66. The Kier molecular flexibility index (Phi) is 7.91. The summed E-state index contributed by atoms with van der Waals surface area (Å²) in [6.45, 7) is 9.83. The van der Waals surface area contributed by atoms with E-state index in [1.54, 1.807) is 16.7 Å². The number of amides is 4. The number of piperazine rings is 1. The van der Waals surface area contributed by atoms with Crippen molar-refractivity contribution in [2.75, 3.05) is 52.4 Å². The molecule has 1 aromatic heterocycles. The smallest absolute Gasteiger partial charge is 0.338 e. The van der Waals surface area contributed by atoms with Crippen molar-refractivity contribution in [1.29, 1.82) is 0 Å². The van der Waals surface area contributed by atoms with Gasteiger partial charge in [0.1, 0.15) is 0 Å². The number of carbonyl (C=O) groups is 3. The maximum absolute atomic E-state index is 13.0. The van der Waals surface area contributed by atoms with Gasteiger partial charge in [-0.25, -0.2) is 14.4 Å². The Balaban J connectivity index is 1.88. The van der Waals surface area contributed by atoms with Crippen LogP contribution >= 0.6 is 11.3 Å². The average molecular weight is 450 g/mol. The van der Waals surface area contributed by atoms with E-state index in [0.29, 0.717) is 57.1 Å². The number of hydrogen-bond donors (Lipinski definition) is 2. The molecule has 31 heavy (non-hydrogen) atoms. The fourth-order valence-corrected chi connectivity index (χ4v) is 4.62. The summed E-state index contributed by atoms with van der Waals surface area (Å²) in [6, 6.07) is 1.10. The summed E-state index contributed by atoms with van der Waals surface area (Å²) in [6.07, 6.45) is 0. The van der Waals surface area contributed by atoms with Crippen molar-refractivity contribution in [2.45, 2.75) is 26.8 Å². The molecule has 2 aliphatic heterocycles. The molecule has 1 atom stereocenters. The standard InChI is InChI=1S/C21H31N5O4S/c1-4-22-20(28)25-10-8-24(9-11-25)13-16-17(19(27)30-6-3)18(15-7-12-31-14-15)23-21(29)26(16)5-2/h7,12,14,18H,4-6,8-11,13H2,1-3H3,(H,22,28)(H,23,29). The van der Waals surface area contributed by atoms with Crippen LogP contribution in [0.2, 0.25) is 0 Å². The molecule has 4 amide bonds. The van der Waals surface area contributed by atoms with Gasteiger partial charge in [0.15, 0.2) is 0 Å². The van der Waals surface area contributed by atoms with Crippen LogP contribution in [0.1, 0.15) is 32.4 Å². The normalized spacial score (nSPS) is 20.0. The van der Waals surface area contributed by atoms with Crippen LogP contribution in [0.25, 0.3) is 0 Å². The first-order valence-electron chi connectivity index (χ1n) is 10.7. The second-order valence-electron chi connectivity index (χ2n) is 7.36. The molecule has 2 aliphatic rings. The lowest BCUT2D eigenvalue weighted by atomic mass is 9.96. The van der Waals surface area contributed by atoms with E-state index in [1.165, 1.54) is 11.3 Å². The molecule has 9 nitrogen and oxygen atoms in total. The Bertz CT molecular complexity index is 818. The lowest BCUT2D eigenvalue weighted by Crippen LogP contribution is -2.54. The highest BCUT2D eigenvalue weighted by atomic mass is 32.1. The zero-order valence-electron chi connectivity index (χ0n) is 18.3. The minimum atomic E-state index is -0.535. The van der Waals surface area contributed by atoms with Crippen LogP contribution in [0.15, 0.2) is 28.1 Å². The lowest BCUT2D eigenvalue weighted by Gasteiger charge is -2.40. The Morgan fingerprint density at radius 1 is 1.23 bits per heavy atom. The highest BCUT2D eigenvalue weighted by Crippen LogP contribution is 2.33. The SMILES string of the molecule is CCNC(=O)N1CCN(CC2=C(C(=O)OCC)C(c3ccsc3)NC(=O)N2CC)CC1. The molecule has 10 heteroatoms. The number of likely N-dealkylation sites (N-methyl/N-ethyl adjacent to an activating group) is 1. The molecule has 1 unspecified atom stereocenters. The lowest BCUT2D eigenvalue weighted by molar-refractivity contribution is -0.139. The molecule has 0 aliphatic carbocycles. The maximum Gasteiger partial charge on any atom is 0.338 e. The summed E-state index contributed by atoms with van der Waals surface area (Å²) in [4.78, 5) is 43.6.